The molecular formula is C25H28ClN3O2. The molecule has 6 heteroatoms. The number of nitrogens with one attached hydrogen (secondary N) is 2. The van der Waals surface area contributed by atoms with E-state index in [2.05, 4.69) is 16.4 Å². The van der Waals surface area contributed by atoms with Gasteiger partial charge in [-0.1, -0.05) is 36.9 Å². The van der Waals surface area contributed by atoms with Gasteiger partial charge in [-0.15, -0.1) is 0 Å². The standard InChI is InChI=1S/C25H28ClN3O2/c1-16-12-17(2)22-14-18(24(30)28-23(22)13-16)15-29(21-6-4-3-5-7-21)25(31)27-20-10-8-19(26)9-11-20/h8-14,21H,3-7,15H2,1-2H3,(H,27,31)(H,28,30). The van der Waals surface area contributed by atoms with Crippen LogP contribution in [0.2, 0.25) is 5.02 Å². The Balaban J connectivity index is 1.65. The van der Waals surface area contributed by atoms with Crippen LogP contribution in [0.4, 0.5) is 10.5 Å². The molecule has 0 unspecified atom stereocenters. The quantitative estimate of drug-likeness (QED) is 0.512. The van der Waals surface area contributed by atoms with Crippen molar-refractivity contribution in [3.8, 4) is 0 Å². The number of rotatable bonds is 4. The first-order valence-electron chi connectivity index (χ1n) is 10.9. The highest BCUT2D eigenvalue weighted by atomic mass is 35.5. The molecule has 2 N–H and O–H groups in total. The van der Waals surface area contributed by atoms with Crippen molar-refractivity contribution in [3.63, 3.8) is 0 Å². The molecule has 2 amide bonds. The molecule has 162 valence electrons. The third-order valence-electron chi connectivity index (χ3n) is 6.10. The summed E-state index contributed by atoms with van der Waals surface area (Å²) in [6.45, 7) is 4.34. The van der Waals surface area contributed by atoms with E-state index in [1.807, 2.05) is 30.9 Å². The van der Waals surface area contributed by atoms with Crippen molar-refractivity contribution < 1.29 is 4.79 Å². The lowest BCUT2D eigenvalue weighted by Crippen LogP contribution is -2.44. The number of aromatic amines is 1. The summed E-state index contributed by atoms with van der Waals surface area (Å²) in [6, 6.07) is 13.0. The Labute approximate surface area is 187 Å². The fourth-order valence-corrected chi connectivity index (χ4v) is 4.63. The van der Waals surface area contributed by atoms with Gasteiger partial charge in [-0.3, -0.25) is 4.79 Å². The second kappa shape index (κ2) is 9.15. The lowest BCUT2D eigenvalue weighted by Gasteiger charge is -2.34. The molecule has 5 nitrogen and oxygen atoms in total. The molecule has 1 fully saturated rings. The smallest absolute Gasteiger partial charge is 0.322 e. The van der Waals surface area contributed by atoms with Crippen LogP contribution in [0.1, 0.15) is 48.8 Å². The number of aromatic nitrogens is 1. The Morgan fingerprint density at radius 3 is 2.52 bits per heavy atom. The monoisotopic (exact) mass is 437 g/mol. The fourth-order valence-electron chi connectivity index (χ4n) is 4.51. The van der Waals surface area contributed by atoms with Crippen LogP contribution in [-0.2, 0) is 6.54 Å². The molecule has 1 heterocycles. The Morgan fingerprint density at radius 2 is 1.81 bits per heavy atom. The normalized spacial score (nSPS) is 14.5. The maximum Gasteiger partial charge on any atom is 0.322 e. The number of H-pyrrole nitrogens is 1. The molecule has 0 aliphatic heterocycles. The van der Waals surface area contributed by atoms with Gasteiger partial charge < -0.3 is 15.2 Å². The van der Waals surface area contributed by atoms with Crippen molar-refractivity contribution in [1.82, 2.24) is 9.88 Å². The molecule has 1 aliphatic rings. The van der Waals surface area contributed by atoms with Gasteiger partial charge in [0.05, 0.1) is 6.54 Å². The van der Waals surface area contributed by atoms with Gasteiger partial charge in [0.25, 0.3) is 5.56 Å². The molecule has 2 aromatic carbocycles. The van der Waals surface area contributed by atoms with Gasteiger partial charge in [0.15, 0.2) is 0 Å². The number of hydrogen-bond acceptors (Lipinski definition) is 2. The van der Waals surface area contributed by atoms with E-state index in [1.165, 1.54) is 6.42 Å². The Morgan fingerprint density at radius 1 is 1.10 bits per heavy atom. The van der Waals surface area contributed by atoms with Crippen molar-refractivity contribution in [2.75, 3.05) is 5.32 Å². The lowest BCUT2D eigenvalue weighted by atomic mass is 9.94. The molecule has 31 heavy (non-hydrogen) atoms. The Kier molecular flexibility index (Phi) is 6.33. The predicted molar refractivity (Wildman–Crippen MR) is 127 cm³/mol. The van der Waals surface area contributed by atoms with Crippen molar-refractivity contribution >= 4 is 34.2 Å². The highest BCUT2D eigenvalue weighted by molar-refractivity contribution is 6.30. The van der Waals surface area contributed by atoms with Crippen molar-refractivity contribution in [2.45, 2.75) is 58.5 Å². The highest BCUT2D eigenvalue weighted by Crippen LogP contribution is 2.26. The zero-order valence-corrected chi connectivity index (χ0v) is 18.8. The number of carbonyl (C=O) groups excluding carboxylic acids is 1. The van der Waals surface area contributed by atoms with Crippen LogP contribution in [0.5, 0.6) is 0 Å². The molecule has 0 saturated heterocycles. The van der Waals surface area contributed by atoms with Crippen LogP contribution >= 0.6 is 11.6 Å². The van der Waals surface area contributed by atoms with Crippen molar-refractivity contribution in [3.05, 3.63) is 74.5 Å². The van der Waals surface area contributed by atoms with Crippen LogP contribution in [-0.4, -0.2) is 22.0 Å². The SMILES string of the molecule is Cc1cc(C)c2cc(CN(C(=O)Nc3ccc(Cl)cc3)C3CCCCC3)c(=O)[nH]c2c1. The van der Waals surface area contributed by atoms with E-state index in [4.69, 9.17) is 11.6 Å². The van der Waals surface area contributed by atoms with E-state index in [0.29, 0.717) is 16.3 Å². The van der Waals surface area contributed by atoms with E-state index < -0.39 is 0 Å². The molecule has 0 atom stereocenters. The molecule has 3 aromatic rings. The minimum absolute atomic E-state index is 0.121. The summed E-state index contributed by atoms with van der Waals surface area (Å²) in [5, 5.41) is 4.61. The zero-order chi connectivity index (χ0) is 22.0. The average molecular weight is 438 g/mol. The van der Waals surface area contributed by atoms with Crippen molar-refractivity contribution in [1.29, 1.82) is 0 Å². The maximum absolute atomic E-state index is 13.3. The summed E-state index contributed by atoms with van der Waals surface area (Å²) in [4.78, 5) is 31.0. The van der Waals surface area contributed by atoms with E-state index in [9.17, 15) is 9.59 Å². The van der Waals surface area contributed by atoms with Gasteiger partial charge >= 0.3 is 6.03 Å². The van der Waals surface area contributed by atoms with Crippen LogP contribution in [0.15, 0.2) is 47.3 Å². The molecular weight excluding hydrogens is 410 g/mol. The summed E-state index contributed by atoms with van der Waals surface area (Å²) >= 11 is 5.97. The number of amides is 2. The number of hydrogen-bond donors (Lipinski definition) is 2. The van der Waals surface area contributed by atoms with Crippen LogP contribution in [0.3, 0.4) is 0 Å². The second-order valence-electron chi connectivity index (χ2n) is 8.52. The summed E-state index contributed by atoms with van der Waals surface area (Å²) in [7, 11) is 0. The van der Waals surface area contributed by atoms with E-state index in [0.717, 1.165) is 47.7 Å². The molecule has 0 radical (unpaired) electrons. The second-order valence-corrected chi connectivity index (χ2v) is 8.96. The third-order valence-corrected chi connectivity index (χ3v) is 6.35. The molecule has 0 spiro atoms. The van der Waals surface area contributed by atoms with Gasteiger partial charge in [0.1, 0.15) is 0 Å². The number of urea groups is 1. The summed E-state index contributed by atoms with van der Waals surface area (Å²) < 4.78 is 0. The number of benzene rings is 2. The van der Waals surface area contributed by atoms with Gasteiger partial charge in [-0.05, 0) is 74.2 Å². The number of anilines is 1. The Bertz CT molecular complexity index is 1150. The minimum atomic E-state index is -0.186. The third kappa shape index (κ3) is 4.93. The number of aryl methyl sites for hydroxylation is 2. The van der Waals surface area contributed by atoms with Gasteiger partial charge in [-0.25, -0.2) is 4.79 Å². The van der Waals surface area contributed by atoms with Gasteiger partial charge in [-0.2, -0.15) is 0 Å². The lowest BCUT2D eigenvalue weighted by molar-refractivity contribution is 0.162. The highest BCUT2D eigenvalue weighted by Gasteiger charge is 2.26. The van der Waals surface area contributed by atoms with Crippen LogP contribution in [0, 0.1) is 13.8 Å². The number of carbonyl (C=O) groups is 1. The van der Waals surface area contributed by atoms with Crippen LogP contribution < -0.4 is 10.9 Å². The summed E-state index contributed by atoms with van der Waals surface area (Å²) in [5.41, 5.74) is 4.21. The minimum Gasteiger partial charge on any atom is -0.322 e. The molecule has 0 bridgehead atoms. The molecule has 1 saturated carbocycles. The number of halogens is 1. The molecule has 1 aromatic heterocycles. The van der Waals surface area contributed by atoms with Crippen molar-refractivity contribution in [2.24, 2.45) is 0 Å². The summed E-state index contributed by atoms with van der Waals surface area (Å²) in [5.74, 6) is 0. The van der Waals surface area contributed by atoms with E-state index in [1.54, 1.807) is 24.3 Å². The van der Waals surface area contributed by atoms with E-state index in [-0.39, 0.29) is 24.2 Å². The first kappa shape index (κ1) is 21.4. The predicted octanol–water partition coefficient (Wildman–Crippen LogP) is 6.17. The molecule has 4 rings (SSSR count). The largest absolute Gasteiger partial charge is 0.322 e. The molecule has 1 aliphatic carbocycles. The number of pyridine rings is 1. The Hall–Kier alpha value is -2.79. The van der Waals surface area contributed by atoms with E-state index >= 15 is 0 Å². The first-order valence-corrected chi connectivity index (χ1v) is 11.2. The van der Waals surface area contributed by atoms with Gasteiger partial charge in [0, 0.05) is 33.2 Å². The maximum atomic E-state index is 13.3. The topological polar surface area (TPSA) is 65.2 Å². The number of nitrogens with zero attached hydrogens (tertiary/aromatic N) is 1. The summed E-state index contributed by atoms with van der Waals surface area (Å²) in [6.07, 6.45) is 5.30. The fraction of sp³-hybridized carbons (Fsp3) is 0.360. The first-order chi connectivity index (χ1) is 14.9. The van der Waals surface area contributed by atoms with Crippen LogP contribution in [0.25, 0.3) is 10.9 Å². The van der Waals surface area contributed by atoms with Gasteiger partial charge in [0.2, 0.25) is 0 Å². The average Bonchev–Trinajstić information content (AvgIpc) is 2.74. The zero-order valence-electron chi connectivity index (χ0n) is 18.0. The number of fused-ring (bicyclic) bond motifs is 1.